The second-order valence-electron chi connectivity index (χ2n) is 4.67. The minimum Gasteiger partial charge on any atom is -0.422 e. The molecule has 6 heteroatoms. The van der Waals surface area contributed by atoms with Crippen LogP contribution in [0.15, 0.2) is 27.4 Å². The van der Waals surface area contributed by atoms with Gasteiger partial charge in [0, 0.05) is 24.3 Å². The monoisotopic (exact) mass is 304 g/mol. The normalized spacial score (nSPS) is 10.5. The van der Waals surface area contributed by atoms with E-state index >= 15 is 0 Å². The molecule has 0 saturated heterocycles. The Labute approximate surface area is 126 Å². The van der Waals surface area contributed by atoms with Crippen molar-refractivity contribution in [3.8, 4) is 11.5 Å². The van der Waals surface area contributed by atoms with Crippen LogP contribution < -0.4 is 15.1 Å². The molecule has 0 fully saturated rings. The second kappa shape index (κ2) is 6.43. The summed E-state index contributed by atoms with van der Waals surface area (Å²) in [4.78, 5) is 34.7. The fraction of sp³-hybridized carbons (Fsp3) is 0.312. The van der Waals surface area contributed by atoms with Crippen molar-refractivity contribution in [1.29, 1.82) is 0 Å². The molecule has 1 heterocycles. The van der Waals surface area contributed by atoms with E-state index in [9.17, 15) is 14.4 Å². The average Bonchev–Trinajstić information content (AvgIpc) is 2.49. The van der Waals surface area contributed by atoms with Gasteiger partial charge in [0.05, 0.1) is 0 Å². The number of hydrogen-bond donors (Lipinski definition) is 0. The van der Waals surface area contributed by atoms with Crippen LogP contribution in [0.5, 0.6) is 11.5 Å². The first-order valence-corrected chi connectivity index (χ1v) is 6.95. The standard InChI is InChI=1S/C16H16O6/c1-4-12(17)20-11-7-6-10-9(3)8-14(19)22-15(10)16(11)21-13(18)5-2/h6-8H,4-5H2,1-3H3. The zero-order valence-corrected chi connectivity index (χ0v) is 12.6. The smallest absolute Gasteiger partial charge is 0.336 e. The van der Waals surface area contributed by atoms with Gasteiger partial charge in [-0.15, -0.1) is 0 Å². The molecule has 2 aromatic rings. The molecule has 1 aromatic carbocycles. The van der Waals surface area contributed by atoms with Gasteiger partial charge in [-0.25, -0.2) is 4.79 Å². The van der Waals surface area contributed by atoms with E-state index in [1.54, 1.807) is 26.8 Å². The Bertz CT molecular complexity index is 787. The number of fused-ring (bicyclic) bond motifs is 1. The van der Waals surface area contributed by atoms with Crippen molar-refractivity contribution < 1.29 is 23.5 Å². The van der Waals surface area contributed by atoms with Gasteiger partial charge in [0.25, 0.3) is 0 Å². The third kappa shape index (κ3) is 3.16. The molecule has 0 aliphatic heterocycles. The van der Waals surface area contributed by atoms with Gasteiger partial charge in [-0.2, -0.15) is 0 Å². The van der Waals surface area contributed by atoms with Gasteiger partial charge in [0.1, 0.15) is 0 Å². The van der Waals surface area contributed by atoms with Crippen LogP contribution in [0.2, 0.25) is 0 Å². The molecule has 1 aromatic heterocycles. The van der Waals surface area contributed by atoms with Gasteiger partial charge in [-0.05, 0) is 24.6 Å². The summed E-state index contributed by atoms with van der Waals surface area (Å²) in [7, 11) is 0. The fourth-order valence-electron chi connectivity index (χ4n) is 1.90. The molecule has 0 amide bonds. The van der Waals surface area contributed by atoms with Gasteiger partial charge in [0.15, 0.2) is 11.3 Å². The molecular formula is C16H16O6. The highest BCUT2D eigenvalue weighted by atomic mass is 16.6. The van der Waals surface area contributed by atoms with Crippen molar-refractivity contribution >= 4 is 22.9 Å². The minimum absolute atomic E-state index is 0.0491. The predicted molar refractivity (Wildman–Crippen MR) is 79.1 cm³/mol. The summed E-state index contributed by atoms with van der Waals surface area (Å²) >= 11 is 0. The largest absolute Gasteiger partial charge is 0.422 e. The van der Waals surface area contributed by atoms with Gasteiger partial charge in [-0.1, -0.05) is 13.8 Å². The topological polar surface area (TPSA) is 82.8 Å². The van der Waals surface area contributed by atoms with Crippen LogP contribution >= 0.6 is 0 Å². The number of ether oxygens (including phenoxy) is 2. The maximum atomic E-state index is 11.6. The lowest BCUT2D eigenvalue weighted by Gasteiger charge is -2.12. The molecule has 0 atom stereocenters. The van der Waals surface area contributed by atoms with E-state index < -0.39 is 17.6 Å². The van der Waals surface area contributed by atoms with Crippen molar-refractivity contribution in [2.75, 3.05) is 0 Å². The lowest BCUT2D eigenvalue weighted by atomic mass is 10.1. The summed E-state index contributed by atoms with van der Waals surface area (Å²) in [5.74, 6) is -1.00. The third-order valence-electron chi connectivity index (χ3n) is 3.05. The van der Waals surface area contributed by atoms with E-state index in [2.05, 4.69) is 0 Å². The van der Waals surface area contributed by atoms with Crippen molar-refractivity contribution in [1.82, 2.24) is 0 Å². The molecule has 2 rings (SSSR count). The molecule has 0 aliphatic carbocycles. The summed E-state index contributed by atoms with van der Waals surface area (Å²) in [6.45, 7) is 5.01. The summed E-state index contributed by atoms with van der Waals surface area (Å²) in [5, 5.41) is 0.606. The van der Waals surface area contributed by atoms with Crippen LogP contribution in [0.4, 0.5) is 0 Å². The predicted octanol–water partition coefficient (Wildman–Crippen LogP) is 2.73. The van der Waals surface area contributed by atoms with Crippen LogP contribution in [0.1, 0.15) is 32.3 Å². The molecule has 0 bridgehead atoms. The van der Waals surface area contributed by atoms with Crippen LogP contribution in [0.25, 0.3) is 11.0 Å². The summed E-state index contributed by atoms with van der Waals surface area (Å²) in [5.41, 5.74) is 0.194. The molecule has 0 N–H and O–H groups in total. The maximum Gasteiger partial charge on any atom is 0.336 e. The fourth-order valence-corrected chi connectivity index (χ4v) is 1.90. The molecule has 0 aliphatic rings. The van der Waals surface area contributed by atoms with Crippen molar-refractivity contribution in [3.63, 3.8) is 0 Å². The van der Waals surface area contributed by atoms with E-state index in [1.165, 1.54) is 12.1 Å². The van der Waals surface area contributed by atoms with Crippen molar-refractivity contribution in [2.24, 2.45) is 0 Å². The number of esters is 2. The van der Waals surface area contributed by atoms with Crippen LogP contribution in [0, 0.1) is 6.92 Å². The first kappa shape index (κ1) is 15.8. The number of rotatable bonds is 4. The van der Waals surface area contributed by atoms with E-state index in [0.717, 1.165) is 0 Å². The zero-order chi connectivity index (χ0) is 16.3. The molecular weight excluding hydrogens is 288 g/mol. The summed E-state index contributed by atoms with van der Waals surface area (Å²) < 4.78 is 15.5. The van der Waals surface area contributed by atoms with Crippen LogP contribution in [0.3, 0.4) is 0 Å². The lowest BCUT2D eigenvalue weighted by molar-refractivity contribution is -0.136. The Morgan fingerprint density at radius 1 is 1.09 bits per heavy atom. The quantitative estimate of drug-likeness (QED) is 0.490. The molecule has 0 radical (unpaired) electrons. The SMILES string of the molecule is CCC(=O)Oc1ccc2c(C)cc(=O)oc2c1OC(=O)CC. The van der Waals surface area contributed by atoms with Crippen molar-refractivity contribution in [3.05, 3.63) is 34.2 Å². The second-order valence-corrected chi connectivity index (χ2v) is 4.67. The Balaban J connectivity index is 2.68. The summed E-state index contributed by atoms with van der Waals surface area (Å²) in [6.07, 6.45) is 0.296. The molecule has 0 saturated carbocycles. The van der Waals surface area contributed by atoms with Gasteiger partial charge >= 0.3 is 17.6 Å². The number of carbonyl (C=O) groups is 2. The van der Waals surface area contributed by atoms with Crippen LogP contribution in [-0.2, 0) is 9.59 Å². The molecule has 6 nitrogen and oxygen atoms in total. The average molecular weight is 304 g/mol. The van der Waals surface area contributed by atoms with E-state index in [0.29, 0.717) is 10.9 Å². The van der Waals surface area contributed by atoms with Gasteiger partial charge in [-0.3, -0.25) is 9.59 Å². The third-order valence-corrected chi connectivity index (χ3v) is 3.05. The number of aryl methyl sites for hydroxylation is 1. The highest BCUT2D eigenvalue weighted by Crippen LogP contribution is 2.36. The first-order valence-electron chi connectivity index (χ1n) is 6.95. The highest BCUT2D eigenvalue weighted by molar-refractivity contribution is 5.91. The Morgan fingerprint density at radius 3 is 2.36 bits per heavy atom. The lowest BCUT2D eigenvalue weighted by Crippen LogP contribution is -2.11. The number of benzene rings is 1. The highest BCUT2D eigenvalue weighted by Gasteiger charge is 2.19. The number of hydrogen-bond acceptors (Lipinski definition) is 6. The van der Waals surface area contributed by atoms with Crippen molar-refractivity contribution in [2.45, 2.75) is 33.6 Å². The molecule has 0 unspecified atom stereocenters. The molecule has 22 heavy (non-hydrogen) atoms. The van der Waals surface area contributed by atoms with E-state index in [1.807, 2.05) is 0 Å². The van der Waals surface area contributed by atoms with E-state index in [4.69, 9.17) is 13.9 Å². The number of carbonyl (C=O) groups excluding carboxylic acids is 2. The Morgan fingerprint density at radius 2 is 1.73 bits per heavy atom. The van der Waals surface area contributed by atoms with Gasteiger partial charge in [0.2, 0.25) is 5.75 Å². The summed E-state index contributed by atoms with van der Waals surface area (Å²) in [6, 6.07) is 4.50. The maximum absolute atomic E-state index is 11.6. The van der Waals surface area contributed by atoms with E-state index in [-0.39, 0.29) is 29.9 Å². The zero-order valence-electron chi connectivity index (χ0n) is 12.6. The molecule has 116 valence electrons. The van der Waals surface area contributed by atoms with Gasteiger partial charge < -0.3 is 13.9 Å². The van der Waals surface area contributed by atoms with Crippen LogP contribution in [-0.4, -0.2) is 11.9 Å². The first-order chi connectivity index (χ1) is 10.5. The Kier molecular flexibility index (Phi) is 4.60. The Hall–Kier alpha value is -2.63. The minimum atomic E-state index is -0.572. The molecule has 0 spiro atoms.